The van der Waals surface area contributed by atoms with E-state index in [-0.39, 0.29) is 43.2 Å². The van der Waals surface area contributed by atoms with Gasteiger partial charge >= 0.3 is 0 Å². The third-order valence-electron chi connectivity index (χ3n) is 3.26. The van der Waals surface area contributed by atoms with Crippen LogP contribution in [-0.4, -0.2) is 30.6 Å². The van der Waals surface area contributed by atoms with Gasteiger partial charge in [-0.1, -0.05) is 12.1 Å². The summed E-state index contributed by atoms with van der Waals surface area (Å²) < 4.78 is 10.8. The van der Waals surface area contributed by atoms with Crippen LogP contribution in [0.4, 0.5) is 5.69 Å². The van der Waals surface area contributed by atoms with E-state index in [4.69, 9.17) is 15.2 Å². The van der Waals surface area contributed by atoms with Gasteiger partial charge in [-0.25, -0.2) is 0 Å². The van der Waals surface area contributed by atoms with Crippen LogP contribution in [0, 0.1) is 0 Å². The number of nitrogens with one attached hydrogen (secondary N) is 1. The molecular weight excluding hydrogens is 365 g/mol. The maximum Gasteiger partial charge on any atom is 0.227 e. The van der Waals surface area contributed by atoms with E-state index in [1.165, 1.54) is 7.11 Å². The second-order valence-electron chi connectivity index (χ2n) is 5.02. The number of nitrogens with two attached hydrogens (primary N) is 1. The van der Waals surface area contributed by atoms with Crippen molar-refractivity contribution in [2.75, 3.05) is 19.0 Å². The van der Waals surface area contributed by atoms with Crippen molar-refractivity contribution in [3.63, 3.8) is 0 Å². The van der Waals surface area contributed by atoms with Gasteiger partial charge in [-0.3, -0.25) is 9.78 Å². The van der Waals surface area contributed by atoms with Crippen LogP contribution in [0.15, 0.2) is 48.8 Å². The van der Waals surface area contributed by atoms with Gasteiger partial charge in [-0.15, -0.1) is 24.8 Å². The molecule has 0 fully saturated rings. The number of halogens is 2. The summed E-state index contributed by atoms with van der Waals surface area (Å²) >= 11 is 0. The van der Waals surface area contributed by atoms with Crippen molar-refractivity contribution in [3.05, 3.63) is 54.4 Å². The summed E-state index contributed by atoms with van der Waals surface area (Å²) in [4.78, 5) is 16.0. The minimum Gasteiger partial charge on any atom is -0.489 e. The second kappa shape index (κ2) is 12.5. The molecule has 0 aliphatic carbocycles. The van der Waals surface area contributed by atoms with Crippen molar-refractivity contribution in [1.82, 2.24) is 4.98 Å². The van der Waals surface area contributed by atoms with Crippen LogP contribution in [0.2, 0.25) is 0 Å². The van der Waals surface area contributed by atoms with E-state index in [1.807, 2.05) is 24.3 Å². The maximum absolute atomic E-state index is 11.9. The first-order valence-corrected chi connectivity index (χ1v) is 7.35. The highest BCUT2D eigenvalue weighted by Gasteiger charge is 2.11. The van der Waals surface area contributed by atoms with Gasteiger partial charge in [0.25, 0.3) is 0 Å². The van der Waals surface area contributed by atoms with E-state index in [0.29, 0.717) is 24.6 Å². The van der Waals surface area contributed by atoms with E-state index < -0.39 is 0 Å². The molecule has 0 aliphatic heterocycles. The van der Waals surface area contributed by atoms with Crippen LogP contribution in [-0.2, 0) is 16.1 Å². The molecule has 0 spiro atoms. The first-order valence-electron chi connectivity index (χ1n) is 7.35. The number of benzene rings is 1. The number of methoxy groups -OCH3 is 1. The van der Waals surface area contributed by atoms with E-state index in [0.717, 1.165) is 5.56 Å². The first-order chi connectivity index (χ1) is 11.2. The lowest BCUT2D eigenvalue weighted by Crippen LogP contribution is -2.28. The quantitative estimate of drug-likeness (QED) is 0.726. The van der Waals surface area contributed by atoms with Gasteiger partial charge in [-0.05, 0) is 18.2 Å². The smallest absolute Gasteiger partial charge is 0.227 e. The Kier molecular flexibility index (Phi) is 11.6. The number of carbonyl (C=O) groups is 1. The van der Waals surface area contributed by atoms with Crippen LogP contribution in [0.5, 0.6) is 5.75 Å². The number of rotatable bonds is 8. The Morgan fingerprint density at radius 3 is 2.72 bits per heavy atom. The van der Waals surface area contributed by atoms with Crippen LogP contribution in [0.1, 0.15) is 12.0 Å². The van der Waals surface area contributed by atoms with Crippen molar-refractivity contribution in [2.45, 2.75) is 19.1 Å². The standard InChI is InChI=1S/C17H21N3O3.2ClH/c1-22-16(10-18)9-17(21)20-14-5-2-6-15(8-14)23-12-13-4-3-7-19-11-13;;/h2-8,11,16H,9-10,12,18H2,1H3,(H,20,21);2*1H. The van der Waals surface area contributed by atoms with Gasteiger partial charge in [0.1, 0.15) is 12.4 Å². The largest absolute Gasteiger partial charge is 0.489 e. The molecular formula is C17H23Cl2N3O3. The number of ether oxygens (including phenoxy) is 2. The number of aromatic nitrogens is 1. The molecule has 8 heteroatoms. The molecule has 1 unspecified atom stereocenters. The molecule has 0 saturated carbocycles. The van der Waals surface area contributed by atoms with Crippen molar-refractivity contribution >= 4 is 36.4 Å². The molecule has 0 bridgehead atoms. The topological polar surface area (TPSA) is 86.5 Å². The Hall–Kier alpha value is -1.86. The van der Waals surface area contributed by atoms with Crippen LogP contribution in [0.25, 0.3) is 0 Å². The third-order valence-corrected chi connectivity index (χ3v) is 3.26. The molecule has 1 heterocycles. The molecule has 3 N–H and O–H groups in total. The number of nitrogens with zero attached hydrogens (tertiary/aromatic N) is 1. The molecule has 138 valence electrons. The molecule has 6 nitrogen and oxygen atoms in total. The van der Waals surface area contributed by atoms with Crippen molar-refractivity contribution in [3.8, 4) is 5.75 Å². The lowest BCUT2D eigenvalue weighted by Gasteiger charge is -2.13. The van der Waals surface area contributed by atoms with Gasteiger partial charge in [0.2, 0.25) is 5.91 Å². The number of carbonyl (C=O) groups excluding carboxylic acids is 1. The monoisotopic (exact) mass is 387 g/mol. The first kappa shape index (κ1) is 23.1. The van der Waals surface area contributed by atoms with E-state index >= 15 is 0 Å². The highest BCUT2D eigenvalue weighted by molar-refractivity contribution is 5.91. The molecule has 0 aliphatic rings. The molecule has 0 radical (unpaired) electrons. The predicted octanol–water partition coefficient (Wildman–Crippen LogP) is 2.81. The fourth-order valence-electron chi connectivity index (χ4n) is 2.00. The Morgan fingerprint density at radius 2 is 2.08 bits per heavy atom. The fourth-order valence-corrected chi connectivity index (χ4v) is 2.00. The fraction of sp³-hybridized carbons (Fsp3) is 0.294. The second-order valence-corrected chi connectivity index (χ2v) is 5.02. The minimum absolute atomic E-state index is 0. The molecule has 1 aromatic carbocycles. The van der Waals surface area contributed by atoms with Crippen molar-refractivity contribution in [1.29, 1.82) is 0 Å². The molecule has 1 aromatic heterocycles. The van der Waals surface area contributed by atoms with E-state index in [9.17, 15) is 4.79 Å². The Bertz CT molecular complexity index is 626. The summed E-state index contributed by atoms with van der Waals surface area (Å²) in [6, 6.07) is 11.0. The number of pyridine rings is 1. The normalized spacial score (nSPS) is 10.8. The Morgan fingerprint density at radius 1 is 1.28 bits per heavy atom. The zero-order chi connectivity index (χ0) is 16.5. The average Bonchev–Trinajstić information content (AvgIpc) is 2.59. The van der Waals surface area contributed by atoms with Gasteiger partial charge in [0.05, 0.1) is 12.5 Å². The summed E-state index contributed by atoms with van der Waals surface area (Å²) in [7, 11) is 1.54. The summed E-state index contributed by atoms with van der Waals surface area (Å²) in [5, 5.41) is 2.81. The lowest BCUT2D eigenvalue weighted by molar-refractivity contribution is -0.118. The molecule has 2 aromatic rings. The van der Waals surface area contributed by atoms with Crippen molar-refractivity contribution < 1.29 is 14.3 Å². The van der Waals surface area contributed by atoms with Gasteiger partial charge in [0, 0.05) is 43.4 Å². The highest BCUT2D eigenvalue weighted by Crippen LogP contribution is 2.19. The molecule has 2 rings (SSSR count). The number of hydrogen-bond acceptors (Lipinski definition) is 5. The zero-order valence-corrected chi connectivity index (χ0v) is 15.5. The number of anilines is 1. The summed E-state index contributed by atoms with van der Waals surface area (Å²) in [6.07, 6.45) is 3.41. The zero-order valence-electron chi connectivity index (χ0n) is 13.9. The maximum atomic E-state index is 11.9. The third kappa shape index (κ3) is 8.18. The van der Waals surface area contributed by atoms with Gasteiger partial charge in [-0.2, -0.15) is 0 Å². The van der Waals surface area contributed by atoms with Crippen molar-refractivity contribution in [2.24, 2.45) is 5.73 Å². The Balaban J connectivity index is 0.00000288. The summed E-state index contributed by atoms with van der Waals surface area (Å²) in [5.41, 5.74) is 7.17. The molecule has 1 amide bonds. The Labute approximate surface area is 159 Å². The van der Waals surface area contributed by atoms with Gasteiger partial charge < -0.3 is 20.5 Å². The van der Waals surface area contributed by atoms with Crippen LogP contribution >= 0.6 is 24.8 Å². The number of hydrogen-bond donors (Lipinski definition) is 2. The average molecular weight is 388 g/mol. The highest BCUT2D eigenvalue weighted by atomic mass is 35.5. The molecule has 0 saturated heterocycles. The number of amides is 1. The predicted molar refractivity (Wildman–Crippen MR) is 103 cm³/mol. The van der Waals surface area contributed by atoms with E-state index in [1.54, 1.807) is 24.5 Å². The lowest BCUT2D eigenvalue weighted by atomic mass is 10.2. The SMILES string of the molecule is COC(CN)CC(=O)Nc1cccc(OCc2cccnc2)c1.Cl.Cl. The van der Waals surface area contributed by atoms with E-state index in [2.05, 4.69) is 10.3 Å². The molecule has 1 atom stereocenters. The van der Waals surface area contributed by atoms with Crippen LogP contribution in [0.3, 0.4) is 0 Å². The van der Waals surface area contributed by atoms with Gasteiger partial charge in [0.15, 0.2) is 0 Å². The molecule has 25 heavy (non-hydrogen) atoms. The minimum atomic E-state index is -0.278. The van der Waals surface area contributed by atoms with Crippen LogP contribution < -0.4 is 15.8 Å². The summed E-state index contributed by atoms with van der Waals surface area (Å²) in [6.45, 7) is 0.725. The summed E-state index contributed by atoms with van der Waals surface area (Å²) in [5.74, 6) is 0.528.